The highest BCUT2D eigenvalue weighted by molar-refractivity contribution is 6.36. The summed E-state index contributed by atoms with van der Waals surface area (Å²) in [5.41, 5.74) is 1.73. The van der Waals surface area contributed by atoms with Crippen molar-refractivity contribution in [1.29, 1.82) is 0 Å². The van der Waals surface area contributed by atoms with Crippen molar-refractivity contribution in [1.82, 2.24) is 9.97 Å². The van der Waals surface area contributed by atoms with Gasteiger partial charge in [-0.3, -0.25) is 0 Å². The molecule has 0 unspecified atom stereocenters. The van der Waals surface area contributed by atoms with Gasteiger partial charge in [-0.2, -0.15) is 0 Å². The second kappa shape index (κ2) is 6.96. The standard InChI is InChI=1S/C15H18Cl2N4/c1-4-13-20-14(18-5-2)9(3)15(21-13)19-12-7-6-10(16)8-11(12)17/h6-8H,4-5H2,1-3H3,(H2,18,19,20,21). The Morgan fingerprint density at radius 2 is 1.81 bits per heavy atom. The van der Waals surface area contributed by atoms with Crippen molar-refractivity contribution in [3.8, 4) is 0 Å². The van der Waals surface area contributed by atoms with Gasteiger partial charge in [-0.05, 0) is 32.0 Å². The van der Waals surface area contributed by atoms with E-state index < -0.39 is 0 Å². The van der Waals surface area contributed by atoms with E-state index >= 15 is 0 Å². The molecule has 0 aliphatic carbocycles. The first-order valence-corrected chi connectivity index (χ1v) is 7.64. The highest BCUT2D eigenvalue weighted by atomic mass is 35.5. The van der Waals surface area contributed by atoms with E-state index in [1.807, 2.05) is 26.8 Å². The molecule has 2 N–H and O–H groups in total. The molecule has 2 rings (SSSR count). The first kappa shape index (κ1) is 15.9. The third-order valence-corrected chi connectivity index (χ3v) is 3.58. The summed E-state index contributed by atoms with van der Waals surface area (Å²) in [6.07, 6.45) is 0.766. The number of nitrogens with zero attached hydrogens (tertiary/aromatic N) is 2. The van der Waals surface area contributed by atoms with Gasteiger partial charge in [0.05, 0.1) is 10.7 Å². The number of nitrogens with one attached hydrogen (secondary N) is 2. The average Bonchev–Trinajstić information content (AvgIpc) is 2.46. The first-order chi connectivity index (χ1) is 10.0. The fraction of sp³-hybridized carbons (Fsp3) is 0.333. The number of halogens is 2. The summed E-state index contributed by atoms with van der Waals surface area (Å²) in [5.74, 6) is 2.38. The van der Waals surface area contributed by atoms with Crippen molar-refractivity contribution in [2.75, 3.05) is 17.2 Å². The van der Waals surface area contributed by atoms with Gasteiger partial charge in [0.1, 0.15) is 17.5 Å². The number of hydrogen-bond acceptors (Lipinski definition) is 4. The number of aromatic nitrogens is 2. The summed E-state index contributed by atoms with van der Waals surface area (Å²) >= 11 is 12.1. The minimum atomic E-state index is 0.559. The summed E-state index contributed by atoms with van der Waals surface area (Å²) in [4.78, 5) is 9.04. The zero-order valence-electron chi connectivity index (χ0n) is 12.3. The predicted molar refractivity (Wildman–Crippen MR) is 90.1 cm³/mol. The smallest absolute Gasteiger partial charge is 0.139 e. The van der Waals surface area contributed by atoms with Gasteiger partial charge in [-0.15, -0.1) is 0 Å². The lowest BCUT2D eigenvalue weighted by molar-refractivity contribution is 0.930. The first-order valence-electron chi connectivity index (χ1n) is 6.88. The Labute approximate surface area is 134 Å². The highest BCUT2D eigenvalue weighted by Gasteiger charge is 2.11. The fourth-order valence-corrected chi connectivity index (χ4v) is 2.36. The molecule has 0 bridgehead atoms. The molecule has 0 saturated carbocycles. The zero-order valence-corrected chi connectivity index (χ0v) is 13.8. The lowest BCUT2D eigenvalue weighted by atomic mass is 10.2. The molecular weight excluding hydrogens is 307 g/mol. The third kappa shape index (κ3) is 3.77. The van der Waals surface area contributed by atoms with Gasteiger partial charge < -0.3 is 10.6 Å². The Morgan fingerprint density at radius 3 is 2.43 bits per heavy atom. The van der Waals surface area contributed by atoms with Gasteiger partial charge in [-0.25, -0.2) is 9.97 Å². The number of anilines is 3. The molecule has 1 heterocycles. The summed E-state index contributed by atoms with van der Waals surface area (Å²) in [5, 5.41) is 7.68. The summed E-state index contributed by atoms with van der Waals surface area (Å²) < 4.78 is 0. The van der Waals surface area contributed by atoms with Crippen molar-refractivity contribution in [2.45, 2.75) is 27.2 Å². The number of rotatable bonds is 5. The normalized spacial score (nSPS) is 10.5. The summed E-state index contributed by atoms with van der Waals surface area (Å²) in [6, 6.07) is 5.33. The Morgan fingerprint density at radius 1 is 1.10 bits per heavy atom. The molecule has 4 nitrogen and oxygen atoms in total. The van der Waals surface area contributed by atoms with Gasteiger partial charge >= 0.3 is 0 Å². The van der Waals surface area contributed by atoms with Crippen molar-refractivity contribution < 1.29 is 0 Å². The van der Waals surface area contributed by atoms with E-state index in [-0.39, 0.29) is 0 Å². The van der Waals surface area contributed by atoms with Crippen LogP contribution in [0, 0.1) is 6.92 Å². The maximum absolute atomic E-state index is 6.20. The number of aryl methyl sites for hydroxylation is 1. The fourth-order valence-electron chi connectivity index (χ4n) is 1.90. The van der Waals surface area contributed by atoms with Crippen LogP contribution in [-0.2, 0) is 6.42 Å². The Kier molecular flexibility index (Phi) is 5.26. The highest BCUT2D eigenvalue weighted by Crippen LogP contribution is 2.30. The molecule has 0 fully saturated rings. The minimum Gasteiger partial charge on any atom is -0.370 e. The second-order valence-electron chi connectivity index (χ2n) is 4.60. The molecule has 0 radical (unpaired) electrons. The molecule has 112 valence electrons. The molecule has 0 saturated heterocycles. The molecule has 0 aliphatic rings. The van der Waals surface area contributed by atoms with E-state index in [1.165, 1.54) is 0 Å². The largest absolute Gasteiger partial charge is 0.370 e. The van der Waals surface area contributed by atoms with Gasteiger partial charge in [0.2, 0.25) is 0 Å². The molecule has 1 aromatic heterocycles. The quantitative estimate of drug-likeness (QED) is 0.827. The van der Waals surface area contributed by atoms with Crippen molar-refractivity contribution >= 4 is 40.5 Å². The molecule has 0 atom stereocenters. The Balaban J connectivity index is 2.40. The van der Waals surface area contributed by atoms with Crippen LogP contribution in [0.25, 0.3) is 0 Å². The minimum absolute atomic E-state index is 0.559. The predicted octanol–water partition coefficient (Wildman–Crippen LogP) is 4.83. The molecule has 1 aromatic carbocycles. The van der Waals surface area contributed by atoms with E-state index in [0.29, 0.717) is 10.0 Å². The van der Waals surface area contributed by atoms with E-state index in [9.17, 15) is 0 Å². The van der Waals surface area contributed by atoms with E-state index in [1.54, 1.807) is 12.1 Å². The van der Waals surface area contributed by atoms with E-state index in [2.05, 4.69) is 20.6 Å². The van der Waals surface area contributed by atoms with Gasteiger partial charge in [0.25, 0.3) is 0 Å². The molecule has 0 amide bonds. The molecule has 0 aliphatic heterocycles. The van der Waals surface area contributed by atoms with Crippen LogP contribution < -0.4 is 10.6 Å². The van der Waals surface area contributed by atoms with Crippen LogP contribution in [0.5, 0.6) is 0 Å². The van der Waals surface area contributed by atoms with Crippen LogP contribution in [0.4, 0.5) is 17.3 Å². The van der Waals surface area contributed by atoms with Crippen LogP contribution in [0.15, 0.2) is 18.2 Å². The number of hydrogen-bond donors (Lipinski definition) is 2. The summed E-state index contributed by atoms with van der Waals surface area (Å²) in [7, 11) is 0. The van der Waals surface area contributed by atoms with E-state index in [4.69, 9.17) is 23.2 Å². The molecule has 0 spiro atoms. The van der Waals surface area contributed by atoms with E-state index in [0.717, 1.165) is 41.7 Å². The Bertz CT molecular complexity index is 644. The topological polar surface area (TPSA) is 49.8 Å². The SMILES string of the molecule is CCNc1nc(CC)nc(Nc2ccc(Cl)cc2Cl)c1C. The maximum atomic E-state index is 6.20. The third-order valence-electron chi connectivity index (χ3n) is 3.04. The van der Waals surface area contributed by atoms with Crippen LogP contribution >= 0.6 is 23.2 Å². The van der Waals surface area contributed by atoms with Crippen molar-refractivity contribution in [3.63, 3.8) is 0 Å². The zero-order chi connectivity index (χ0) is 15.4. The second-order valence-corrected chi connectivity index (χ2v) is 5.44. The van der Waals surface area contributed by atoms with Crippen molar-refractivity contribution in [2.24, 2.45) is 0 Å². The van der Waals surface area contributed by atoms with Gasteiger partial charge in [0.15, 0.2) is 0 Å². The summed E-state index contributed by atoms with van der Waals surface area (Å²) in [6.45, 7) is 6.85. The van der Waals surface area contributed by atoms with Crippen LogP contribution in [-0.4, -0.2) is 16.5 Å². The lowest BCUT2D eigenvalue weighted by Crippen LogP contribution is -2.09. The number of benzene rings is 1. The average molecular weight is 325 g/mol. The van der Waals surface area contributed by atoms with Crippen molar-refractivity contribution in [3.05, 3.63) is 39.6 Å². The van der Waals surface area contributed by atoms with Crippen LogP contribution in [0.1, 0.15) is 25.2 Å². The monoisotopic (exact) mass is 324 g/mol. The van der Waals surface area contributed by atoms with Gasteiger partial charge in [0, 0.05) is 23.6 Å². The van der Waals surface area contributed by atoms with Crippen LogP contribution in [0.2, 0.25) is 10.0 Å². The molecule has 21 heavy (non-hydrogen) atoms. The van der Waals surface area contributed by atoms with Gasteiger partial charge in [-0.1, -0.05) is 30.1 Å². The molecular formula is C15H18Cl2N4. The maximum Gasteiger partial charge on any atom is 0.139 e. The Hall–Kier alpha value is -1.52. The van der Waals surface area contributed by atoms with Crippen LogP contribution in [0.3, 0.4) is 0 Å². The molecule has 6 heteroatoms. The molecule has 2 aromatic rings. The lowest BCUT2D eigenvalue weighted by Gasteiger charge is -2.15.